The Morgan fingerprint density at radius 3 is 2.18 bits per heavy atom. The molecule has 1 amide bonds. The number of unbranched alkanes of at least 4 members (excludes halogenated alkanes) is 2. The average molecular weight is 916 g/mol. The lowest BCUT2D eigenvalue weighted by molar-refractivity contribution is -0.869. The van der Waals surface area contributed by atoms with E-state index in [0.29, 0.717) is 73.6 Å². The molecule has 0 bridgehead atoms. The Balaban J connectivity index is 2.01. The number of amides is 1. The normalized spacial score (nSPS) is 20.6. The number of carbonyl (C=O) groups excluding carboxylic acids is 2. The first kappa shape index (κ1) is 51.6. The van der Waals surface area contributed by atoms with Gasteiger partial charge in [0.2, 0.25) is 11.6 Å². The second kappa shape index (κ2) is 21.5. The Kier molecular flexibility index (Phi) is 18.2. The molecule has 0 radical (unpaired) electrons. The standard InChI is InChI=1S/C41H63N5O12S3/c1-8-58-39(48)22-24-40(3)32(2)43-45(27-16-30-60(52,53)54)37(40)18-12-9-11-17-36-41(4,23-15-29-59(49,50)51)34-31-33(61(55,56)57)20-21-35(34)44(36)26-14-10-13-19-38(47)42-25-28-46(5,6)7/h9,11-12,17-18,20-21,31H,8,10,13-16,19,22-30H2,1-7H3,(H2-2,42,47,49,50,51,52,53,54,55,56,57)/p+2. The maximum absolute atomic E-state index is 12.5. The van der Waals surface area contributed by atoms with Gasteiger partial charge in [-0.1, -0.05) is 18.2 Å². The highest BCUT2D eigenvalue weighted by Gasteiger charge is 2.48. The number of carbonyl (C=O) groups is 2. The van der Waals surface area contributed by atoms with Crippen molar-refractivity contribution in [2.24, 2.45) is 10.5 Å². The van der Waals surface area contributed by atoms with Gasteiger partial charge in [-0.3, -0.25) is 28.3 Å². The predicted octanol–water partition coefficient (Wildman–Crippen LogP) is 4.66. The largest absolute Gasteiger partial charge is 0.466 e. The van der Waals surface area contributed by atoms with Crippen LogP contribution in [0, 0.1) is 5.41 Å². The molecule has 17 nitrogen and oxygen atoms in total. The number of nitrogens with zero attached hydrogens (tertiary/aromatic N) is 4. The molecule has 0 saturated carbocycles. The van der Waals surface area contributed by atoms with E-state index in [1.807, 2.05) is 37.5 Å². The SMILES string of the molecule is CCOC(=O)CCC1(C)C(C)=NN(CCCS(=O)(=O)O)/C1=C/C=C/C=C/C1=[N+](CCCCCC(=O)NCC[N+](C)(C)C)c2ccc(S(=O)(=O)O)cc2C1(C)CCCS(=O)(=O)O. The molecular formula is C41H65N5O12S3+2. The highest BCUT2D eigenvalue weighted by molar-refractivity contribution is 7.86. The van der Waals surface area contributed by atoms with Gasteiger partial charge in [-0.15, -0.1) is 0 Å². The molecule has 0 saturated heterocycles. The summed E-state index contributed by atoms with van der Waals surface area (Å²) in [4.78, 5) is 24.5. The number of rotatable bonds is 25. The Labute approximate surface area is 362 Å². The van der Waals surface area contributed by atoms with E-state index in [9.17, 15) is 48.5 Å². The number of nitrogens with one attached hydrogen (secondary N) is 1. The summed E-state index contributed by atoms with van der Waals surface area (Å²) < 4.78 is 108. The topological polar surface area (TPSA) is 237 Å². The van der Waals surface area contributed by atoms with Crippen LogP contribution in [-0.4, -0.2) is 142 Å². The summed E-state index contributed by atoms with van der Waals surface area (Å²) in [6, 6.07) is 4.31. The number of hydrogen-bond donors (Lipinski definition) is 4. The summed E-state index contributed by atoms with van der Waals surface area (Å²) in [5, 5.41) is 9.30. The third-order valence-electron chi connectivity index (χ3n) is 11.0. The van der Waals surface area contributed by atoms with Crippen molar-refractivity contribution in [3.8, 4) is 0 Å². The Morgan fingerprint density at radius 2 is 1.56 bits per heavy atom. The van der Waals surface area contributed by atoms with Gasteiger partial charge in [-0.25, -0.2) is 0 Å². The first-order chi connectivity index (χ1) is 28.2. The van der Waals surface area contributed by atoms with Gasteiger partial charge < -0.3 is 14.5 Å². The summed E-state index contributed by atoms with van der Waals surface area (Å²) in [7, 11) is -6.95. The summed E-state index contributed by atoms with van der Waals surface area (Å²) in [6.07, 6.45) is 12.1. The molecular weight excluding hydrogens is 851 g/mol. The molecule has 0 aliphatic carbocycles. The van der Waals surface area contributed by atoms with Gasteiger partial charge in [0.1, 0.15) is 6.54 Å². The van der Waals surface area contributed by atoms with Gasteiger partial charge in [0.05, 0.1) is 62.7 Å². The van der Waals surface area contributed by atoms with Crippen LogP contribution in [0.2, 0.25) is 0 Å². The Hall–Kier alpha value is -3.79. The van der Waals surface area contributed by atoms with Crippen LogP contribution in [0.5, 0.6) is 0 Å². The number of benzene rings is 1. The lowest BCUT2D eigenvalue weighted by atomic mass is 9.76. The first-order valence-electron chi connectivity index (χ1n) is 20.5. The van der Waals surface area contributed by atoms with E-state index in [-0.39, 0.29) is 55.6 Å². The Bertz CT molecular complexity index is 2240. The maximum atomic E-state index is 12.5. The van der Waals surface area contributed by atoms with E-state index in [2.05, 4.69) is 31.6 Å². The second-order valence-electron chi connectivity index (χ2n) is 17.0. The minimum atomic E-state index is -4.60. The number of likely N-dealkylation sites (N-methyl/N-ethyl adjacent to an activating group) is 1. The third-order valence-corrected chi connectivity index (χ3v) is 13.5. The fourth-order valence-corrected chi connectivity index (χ4v) is 9.07. The minimum Gasteiger partial charge on any atom is -0.466 e. The molecule has 2 unspecified atom stereocenters. The van der Waals surface area contributed by atoms with Crippen molar-refractivity contribution >= 4 is 59.3 Å². The van der Waals surface area contributed by atoms with E-state index in [4.69, 9.17) is 4.74 Å². The van der Waals surface area contributed by atoms with E-state index < -0.39 is 52.7 Å². The number of hydrazone groups is 1. The zero-order valence-corrected chi connectivity index (χ0v) is 38.9. The third kappa shape index (κ3) is 15.8. The van der Waals surface area contributed by atoms with Crippen LogP contribution in [-0.2, 0) is 50.1 Å². The Morgan fingerprint density at radius 1 is 0.885 bits per heavy atom. The van der Waals surface area contributed by atoms with E-state index in [1.165, 1.54) is 12.1 Å². The number of ether oxygens (including phenoxy) is 1. The molecule has 3 rings (SSSR count). The van der Waals surface area contributed by atoms with Crippen molar-refractivity contribution in [2.75, 3.05) is 65.4 Å². The van der Waals surface area contributed by atoms with Crippen molar-refractivity contribution in [3.63, 3.8) is 0 Å². The molecule has 2 atom stereocenters. The fraction of sp³-hybridized carbons (Fsp3) is 0.610. The van der Waals surface area contributed by atoms with Gasteiger partial charge in [-0.2, -0.15) is 34.9 Å². The number of esters is 1. The molecule has 2 aliphatic heterocycles. The van der Waals surface area contributed by atoms with Crippen LogP contribution in [0.1, 0.15) is 91.0 Å². The molecule has 61 heavy (non-hydrogen) atoms. The summed E-state index contributed by atoms with van der Waals surface area (Å²) in [5.74, 6) is -1.37. The number of fused-ring (bicyclic) bond motifs is 1. The molecule has 4 N–H and O–H groups in total. The van der Waals surface area contributed by atoms with E-state index in [1.54, 1.807) is 36.2 Å². The van der Waals surface area contributed by atoms with Crippen LogP contribution in [0.25, 0.3) is 0 Å². The van der Waals surface area contributed by atoms with Crippen LogP contribution >= 0.6 is 0 Å². The van der Waals surface area contributed by atoms with Gasteiger partial charge in [-0.05, 0) is 84.4 Å². The van der Waals surface area contributed by atoms with Crippen molar-refractivity contribution in [2.45, 2.75) is 95.8 Å². The second-order valence-corrected chi connectivity index (χ2v) is 21.5. The van der Waals surface area contributed by atoms with Crippen LogP contribution in [0.4, 0.5) is 5.69 Å². The molecule has 20 heteroatoms. The first-order valence-corrected chi connectivity index (χ1v) is 25.1. The molecule has 1 aromatic rings. The highest BCUT2D eigenvalue weighted by atomic mass is 32.2. The number of quaternary nitrogens is 1. The van der Waals surface area contributed by atoms with E-state index >= 15 is 0 Å². The van der Waals surface area contributed by atoms with Crippen LogP contribution in [0.15, 0.2) is 64.3 Å². The molecule has 2 heterocycles. The van der Waals surface area contributed by atoms with Crippen molar-refractivity contribution < 1.29 is 62.3 Å². The average Bonchev–Trinajstić information content (AvgIpc) is 3.50. The van der Waals surface area contributed by atoms with Crippen molar-refractivity contribution in [1.29, 1.82) is 0 Å². The van der Waals surface area contributed by atoms with Crippen molar-refractivity contribution in [3.05, 3.63) is 59.8 Å². The highest BCUT2D eigenvalue weighted by Crippen LogP contribution is 2.45. The quantitative estimate of drug-likeness (QED) is 0.0261. The smallest absolute Gasteiger partial charge is 0.305 e. The minimum absolute atomic E-state index is 0.0269. The van der Waals surface area contributed by atoms with Crippen LogP contribution < -0.4 is 5.32 Å². The van der Waals surface area contributed by atoms with Gasteiger partial charge in [0, 0.05) is 60.3 Å². The van der Waals surface area contributed by atoms with Crippen molar-refractivity contribution in [1.82, 2.24) is 10.3 Å². The molecule has 0 aromatic heterocycles. The maximum Gasteiger partial charge on any atom is 0.305 e. The predicted molar refractivity (Wildman–Crippen MR) is 235 cm³/mol. The molecule has 1 aromatic carbocycles. The van der Waals surface area contributed by atoms with E-state index in [0.717, 1.165) is 11.0 Å². The van der Waals surface area contributed by atoms with Crippen LogP contribution in [0.3, 0.4) is 0 Å². The summed E-state index contributed by atoms with van der Waals surface area (Å²) in [6.45, 7) is 9.60. The zero-order valence-electron chi connectivity index (χ0n) is 36.5. The van der Waals surface area contributed by atoms with Gasteiger partial charge in [0.25, 0.3) is 30.4 Å². The zero-order chi connectivity index (χ0) is 45.9. The number of hydrogen-bond acceptors (Lipinski definition) is 11. The molecule has 0 spiro atoms. The monoisotopic (exact) mass is 915 g/mol. The van der Waals surface area contributed by atoms with Gasteiger partial charge in [0.15, 0.2) is 5.71 Å². The summed E-state index contributed by atoms with van der Waals surface area (Å²) in [5.41, 5.74) is 1.66. The number of allylic oxidation sites excluding steroid dienone is 6. The van der Waals surface area contributed by atoms with Gasteiger partial charge >= 0.3 is 5.97 Å². The fourth-order valence-electron chi connectivity index (χ4n) is 7.56. The summed E-state index contributed by atoms with van der Waals surface area (Å²) >= 11 is 0. The molecule has 2 aliphatic rings. The lowest BCUT2D eigenvalue weighted by Crippen LogP contribution is -2.41. The molecule has 0 fully saturated rings. The molecule has 342 valence electrons. The lowest BCUT2D eigenvalue weighted by Gasteiger charge is -2.29.